The molecule has 20 heavy (non-hydrogen) atoms. The molecule has 0 unspecified atom stereocenters. The Kier molecular flexibility index (Phi) is 3.79. The number of rotatable bonds is 5. The second-order valence-corrected chi connectivity index (χ2v) is 5.63. The largest absolute Gasteiger partial charge is 0.339 e. The van der Waals surface area contributed by atoms with Crippen LogP contribution in [0.15, 0.2) is 35.2 Å². The zero-order valence-electron chi connectivity index (χ0n) is 11.1. The first kappa shape index (κ1) is 13.3. The van der Waals surface area contributed by atoms with Gasteiger partial charge in [-0.2, -0.15) is 5.10 Å². The molecule has 0 fully saturated rings. The number of aromatic nitrogens is 5. The maximum atomic E-state index is 4.49. The summed E-state index contributed by atoms with van der Waals surface area (Å²) >= 11 is 3.41. The Bertz CT molecular complexity index is 690. The van der Waals surface area contributed by atoms with Gasteiger partial charge < -0.3 is 4.98 Å². The summed E-state index contributed by atoms with van der Waals surface area (Å²) in [5.74, 6) is 0.925. The van der Waals surface area contributed by atoms with Crippen LogP contribution in [0.25, 0.3) is 11.2 Å². The van der Waals surface area contributed by atoms with Crippen molar-refractivity contribution in [3.05, 3.63) is 41.0 Å². The van der Waals surface area contributed by atoms with Gasteiger partial charge in [0.05, 0.1) is 18.6 Å². The van der Waals surface area contributed by atoms with Gasteiger partial charge in [0.15, 0.2) is 5.65 Å². The van der Waals surface area contributed by atoms with Crippen LogP contribution in [0.2, 0.25) is 0 Å². The minimum atomic E-state index is 0.753. The molecule has 1 N–H and O–H groups in total. The van der Waals surface area contributed by atoms with Crippen molar-refractivity contribution in [2.45, 2.75) is 13.1 Å². The molecule has 0 aliphatic carbocycles. The van der Waals surface area contributed by atoms with Crippen molar-refractivity contribution in [1.82, 2.24) is 29.6 Å². The molecule has 3 aromatic rings. The highest BCUT2D eigenvalue weighted by atomic mass is 79.9. The smallest absolute Gasteiger partial charge is 0.177 e. The number of imidazole rings is 1. The molecule has 0 aliphatic rings. The van der Waals surface area contributed by atoms with E-state index < -0.39 is 0 Å². The van der Waals surface area contributed by atoms with Crippen molar-refractivity contribution in [2.75, 3.05) is 13.6 Å². The first-order valence-corrected chi connectivity index (χ1v) is 7.16. The molecule has 0 spiro atoms. The molecule has 104 valence electrons. The highest BCUT2D eigenvalue weighted by Gasteiger charge is 2.07. The molecule has 7 heteroatoms. The zero-order valence-corrected chi connectivity index (χ0v) is 12.7. The fraction of sp³-hybridized carbons (Fsp3) is 0.308. The lowest BCUT2D eigenvalue weighted by Gasteiger charge is -2.14. The van der Waals surface area contributed by atoms with E-state index in [1.807, 2.05) is 23.0 Å². The molecule has 0 saturated heterocycles. The Morgan fingerprint density at radius 1 is 1.45 bits per heavy atom. The highest BCUT2D eigenvalue weighted by Crippen LogP contribution is 2.15. The van der Waals surface area contributed by atoms with Gasteiger partial charge in [0.1, 0.15) is 5.82 Å². The monoisotopic (exact) mass is 334 g/mol. The number of nitrogens with one attached hydrogen (secondary N) is 1. The summed E-state index contributed by atoms with van der Waals surface area (Å²) in [4.78, 5) is 14.3. The van der Waals surface area contributed by atoms with E-state index in [1.54, 1.807) is 12.4 Å². The van der Waals surface area contributed by atoms with Gasteiger partial charge in [-0.3, -0.25) is 9.58 Å². The summed E-state index contributed by atoms with van der Waals surface area (Å²) in [7, 11) is 2.07. The Hall–Kier alpha value is -1.73. The van der Waals surface area contributed by atoms with E-state index in [2.05, 4.69) is 47.9 Å². The third kappa shape index (κ3) is 3.05. The lowest BCUT2D eigenvalue weighted by Crippen LogP contribution is -2.23. The summed E-state index contributed by atoms with van der Waals surface area (Å²) < 4.78 is 2.88. The summed E-state index contributed by atoms with van der Waals surface area (Å²) in [6, 6.07) is 3.92. The highest BCUT2D eigenvalue weighted by molar-refractivity contribution is 9.10. The van der Waals surface area contributed by atoms with Gasteiger partial charge in [0.2, 0.25) is 0 Å². The molecule has 0 radical (unpaired) electrons. The van der Waals surface area contributed by atoms with Gasteiger partial charge in [-0.05, 0) is 35.1 Å². The van der Waals surface area contributed by atoms with Crippen LogP contribution in [-0.2, 0) is 13.1 Å². The predicted octanol–water partition coefficient (Wildman–Crippen LogP) is 2.05. The van der Waals surface area contributed by atoms with Gasteiger partial charge in [0.25, 0.3) is 0 Å². The summed E-state index contributed by atoms with van der Waals surface area (Å²) in [6.07, 6.45) is 5.52. The van der Waals surface area contributed by atoms with Crippen LogP contribution in [0.3, 0.4) is 0 Å². The first-order valence-electron chi connectivity index (χ1n) is 6.37. The number of aromatic amines is 1. The number of halogens is 1. The van der Waals surface area contributed by atoms with Crippen molar-refractivity contribution in [3.8, 4) is 0 Å². The predicted molar refractivity (Wildman–Crippen MR) is 80.1 cm³/mol. The van der Waals surface area contributed by atoms with E-state index in [0.29, 0.717) is 0 Å². The van der Waals surface area contributed by atoms with Gasteiger partial charge in [-0.1, -0.05) is 0 Å². The number of fused-ring (bicyclic) bond motifs is 1. The first-order chi connectivity index (χ1) is 9.70. The lowest BCUT2D eigenvalue weighted by molar-refractivity contribution is 0.299. The SMILES string of the molecule is CN(CCn1cccn1)Cc1nc2ncc(Br)cc2[nH]1. The molecular weight excluding hydrogens is 320 g/mol. The molecular formula is C13H15BrN6. The van der Waals surface area contributed by atoms with Crippen LogP contribution >= 0.6 is 15.9 Å². The molecule has 0 amide bonds. The number of likely N-dealkylation sites (N-methyl/N-ethyl adjacent to an activating group) is 1. The topological polar surface area (TPSA) is 62.6 Å². The van der Waals surface area contributed by atoms with Crippen LogP contribution in [0.5, 0.6) is 0 Å². The summed E-state index contributed by atoms with van der Waals surface area (Å²) in [5.41, 5.74) is 1.71. The van der Waals surface area contributed by atoms with Crippen molar-refractivity contribution in [2.24, 2.45) is 0 Å². The van der Waals surface area contributed by atoms with Gasteiger partial charge >= 0.3 is 0 Å². The number of H-pyrrole nitrogens is 1. The molecule has 0 aliphatic heterocycles. The summed E-state index contributed by atoms with van der Waals surface area (Å²) in [6.45, 7) is 2.54. The van der Waals surface area contributed by atoms with E-state index in [-0.39, 0.29) is 0 Å². The zero-order chi connectivity index (χ0) is 13.9. The van der Waals surface area contributed by atoms with E-state index >= 15 is 0 Å². The quantitative estimate of drug-likeness (QED) is 0.775. The molecule has 3 rings (SSSR count). The van der Waals surface area contributed by atoms with Gasteiger partial charge in [0, 0.05) is 29.6 Å². The van der Waals surface area contributed by atoms with E-state index in [4.69, 9.17) is 0 Å². The fourth-order valence-electron chi connectivity index (χ4n) is 2.04. The molecule has 3 heterocycles. The number of hydrogen-bond donors (Lipinski definition) is 1. The molecule has 0 aromatic carbocycles. The molecule has 0 bridgehead atoms. The fourth-order valence-corrected chi connectivity index (χ4v) is 2.37. The van der Waals surface area contributed by atoms with Crippen LogP contribution in [-0.4, -0.2) is 43.2 Å². The third-order valence-corrected chi connectivity index (χ3v) is 3.48. The number of hydrogen-bond acceptors (Lipinski definition) is 4. The Balaban J connectivity index is 1.63. The van der Waals surface area contributed by atoms with Gasteiger partial charge in [-0.15, -0.1) is 0 Å². The minimum absolute atomic E-state index is 0.753. The van der Waals surface area contributed by atoms with Gasteiger partial charge in [-0.25, -0.2) is 9.97 Å². The maximum absolute atomic E-state index is 4.49. The van der Waals surface area contributed by atoms with E-state index in [1.165, 1.54) is 0 Å². The molecule has 0 atom stereocenters. The number of pyridine rings is 1. The molecule has 0 saturated carbocycles. The van der Waals surface area contributed by atoms with Crippen LogP contribution in [0.4, 0.5) is 0 Å². The average Bonchev–Trinajstić information content (AvgIpc) is 3.04. The normalized spacial score (nSPS) is 11.6. The number of nitrogens with zero attached hydrogens (tertiary/aromatic N) is 5. The van der Waals surface area contributed by atoms with Crippen molar-refractivity contribution in [3.63, 3.8) is 0 Å². The second-order valence-electron chi connectivity index (χ2n) is 4.72. The average molecular weight is 335 g/mol. The van der Waals surface area contributed by atoms with Crippen LogP contribution in [0, 0.1) is 0 Å². The van der Waals surface area contributed by atoms with E-state index in [0.717, 1.165) is 41.1 Å². The van der Waals surface area contributed by atoms with E-state index in [9.17, 15) is 0 Å². The molecule has 3 aromatic heterocycles. The standard InChI is InChI=1S/C13H15BrN6/c1-19(5-6-20-4-2-3-16-20)9-12-17-11-7-10(14)8-15-13(11)18-12/h2-4,7-8H,5-6,9H2,1H3,(H,15,17,18). The molecule has 6 nitrogen and oxygen atoms in total. The van der Waals surface area contributed by atoms with Crippen molar-refractivity contribution >= 4 is 27.1 Å². The van der Waals surface area contributed by atoms with Crippen molar-refractivity contribution < 1.29 is 0 Å². The van der Waals surface area contributed by atoms with Crippen molar-refractivity contribution in [1.29, 1.82) is 0 Å². The Morgan fingerprint density at radius 2 is 2.35 bits per heavy atom. The third-order valence-electron chi connectivity index (χ3n) is 3.04. The Labute approximate surface area is 125 Å². The van der Waals surface area contributed by atoms with Crippen LogP contribution < -0.4 is 0 Å². The van der Waals surface area contributed by atoms with Crippen LogP contribution in [0.1, 0.15) is 5.82 Å². The Morgan fingerprint density at radius 3 is 3.15 bits per heavy atom. The minimum Gasteiger partial charge on any atom is -0.339 e. The maximum Gasteiger partial charge on any atom is 0.177 e. The summed E-state index contributed by atoms with van der Waals surface area (Å²) in [5, 5.41) is 4.19. The second kappa shape index (κ2) is 5.72. The lowest BCUT2D eigenvalue weighted by atomic mass is 10.4.